The molecular weight excluding hydrogens is 418 g/mol. The number of thiazole rings is 1. The van der Waals surface area contributed by atoms with E-state index >= 15 is 0 Å². The summed E-state index contributed by atoms with van der Waals surface area (Å²) in [5, 5.41) is 2.24. The van der Waals surface area contributed by atoms with Gasteiger partial charge in [-0.3, -0.25) is 9.69 Å². The summed E-state index contributed by atoms with van der Waals surface area (Å²) in [4.78, 5) is 18.9. The average Bonchev–Trinajstić information content (AvgIpc) is 3.33. The van der Waals surface area contributed by atoms with Crippen molar-refractivity contribution in [2.45, 2.75) is 24.5 Å². The highest BCUT2D eigenvalue weighted by atomic mass is 32.3. The number of carbonyl (C=O) groups is 1. The largest absolute Gasteiger partial charge is 0.378 e. The minimum Gasteiger partial charge on any atom is -0.378 e. The lowest BCUT2D eigenvalue weighted by atomic mass is 10.1. The first kappa shape index (κ1) is 20.7. The van der Waals surface area contributed by atoms with Crippen molar-refractivity contribution in [2.24, 2.45) is 11.7 Å². The first-order valence-electron chi connectivity index (χ1n) is 8.79. The van der Waals surface area contributed by atoms with Gasteiger partial charge in [0.2, 0.25) is 5.91 Å². The van der Waals surface area contributed by atoms with Crippen LogP contribution in [0.15, 0.2) is 39.9 Å². The van der Waals surface area contributed by atoms with E-state index in [0.717, 1.165) is 16.0 Å². The number of rotatable bonds is 8. The number of hydrogen-bond acceptors (Lipinski definition) is 8. The summed E-state index contributed by atoms with van der Waals surface area (Å²) in [5.41, 5.74) is 6.39. The lowest BCUT2D eigenvalue weighted by Gasteiger charge is -2.22. The smallest absolute Gasteiger partial charge is 0.348 e. The Morgan fingerprint density at radius 3 is 2.71 bits per heavy atom. The highest BCUT2D eigenvalue weighted by Gasteiger charge is 2.25. The van der Waals surface area contributed by atoms with E-state index in [1.165, 1.54) is 17.4 Å². The van der Waals surface area contributed by atoms with Crippen LogP contribution >= 0.6 is 22.7 Å². The molecule has 1 aromatic carbocycles. The van der Waals surface area contributed by atoms with Crippen LogP contribution < -0.4 is 14.8 Å². The Bertz CT molecular complexity index is 1060. The van der Waals surface area contributed by atoms with Gasteiger partial charge in [-0.2, -0.15) is 8.42 Å². The zero-order valence-corrected chi connectivity index (χ0v) is 17.9. The minimum atomic E-state index is -3.86. The number of nitrogens with two attached hydrogens (primary N) is 1. The summed E-state index contributed by atoms with van der Waals surface area (Å²) in [6.07, 6.45) is 0.662. The molecule has 0 radical (unpaired) electrons. The van der Waals surface area contributed by atoms with Gasteiger partial charge in [-0.1, -0.05) is 24.3 Å². The van der Waals surface area contributed by atoms with Crippen LogP contribution in [0.4, 0.5) is 5.13 Å². The predicted octanol–water partition coefficient (Wildman–Crippen LogP) is 3.46. The minimum absolute atomic E-state index is 0.0525. The fourth-order valence-corrected chi connectivity index (χ4v) is 5.62. The van der Waals surface area contributed by atoms with Gasteiger partial charge in [0.15, 0.2) is 9.34 Å². The van der Waals surface area contributed by atoms with Gasteiger partial charge in [-0.25, -0.2) is 4.98 Å². The van der Waals surface area contributed by atoms with Crippen LogP contribution in [-0.2, 0) is 14.9 Å². The van der Waals surface area contributed by atoms with E-state index in [0.29, 0.717) is 23.6 Å². The van der Waals surface area contributed by atoms with Crippen molar-refractivity contribution in [1.29, 1.82) is 0 Å². The van der Waals surface area contributed by atoms with Crippen LogP contribution in [0, 0.1) is 5.92 Å². The summed E-state index contributed by atoms with van der Waals surface area (Å²) in [6.45, 7) is 4.58. The zero-order chi connectivity index (χ0) is 20.3. The Labute approximate surface area is 171 Å². The molecule has 2 heterocycles. The van der Waals surface area contributed by atoms with Crippen molar-refractivity contribution in [3.63, 3.8) is 0 Å². The second kappa shape index (κ2) is 8.56. The van der Waals surface area contributed by atoms with Gasteiger partial charge in [-0.05, 0) is 36.9 Å². The van der Waals surface area contributed by atoms with Gasteiger partial charge in [0.1, 0.15) is 5.75 Å². The van der Waals surface area contributed by atoms with E-state index in [2.05, 4.69) is 4.98 Å². The summed E-state index contributed by atoms with van der Waals surface area (Å²) >= 11 is 2.41. The first-order chi connectivity index (χ1) is 13.4. The molecule has 0 aliphatic rings. The number of carbonyl (C=O) groups excluding carboxylic acids is 1. The topological polar surface area (TPSA) is 103 Å². The number of fused-ring (bicyclic) bond motifs is 1. The van der Waals surface area contributed by atoms with Gasteiger partial charge in [-0.15, -0.1) is 11.3 Å². The van der Waals surface area contributed by atoms with E-state index in [4.69, 9.17) is 9.92 Å². The maximum absolute atomic E-state index is 12.7. The molecule has 28 heavy (non-hydrogen) atoms. The molecule has 0 aliphatic carbocycles. The number of anilines is 1. The maximum Gasteiger partial charge on any atom is 0.348 e. The van der Waals surface area contributed by atoms with Gasteiger partial charge in [0, 0.05) is 19.2 Å². The molecule has 1 unspecified atom stereocenters. The highest BCUT2D eigenvalue weighted by molar-refractivity contribution is 7.89. The molecule has 2 aromatic heterocycles. The molecular formula is C18H21N3O4S3. The van der Waals surface area contributed by atoms with Crippen LogP contribution in [0.25, 0.3) is 10.2 Å². The maximum atomic E-state index is 12.7. The molecule has 0 aliphatic heterocycles. The lowest BCUT2D eigenvalue weighted by molar-refractivity contribution is -0.122. The van der Waals surface area contributed by atoms with E-state index in [1.54, 1.807) is 34.5 Å². The monoisotopic (exact) mass is 439 g/mol. The van der Waals surface area contributed by atoms with Gasteiger partial charge in [0.25, 0.3) is 0 Å². The van der Waals surface area contributed by atoms with Gasteiger partial charge in [0.05, 0.1) is 16.1 Å². The third-order valence-electron chi connectivity index (χ3n) is 4.24. The number of nitrogens with zero attached hydrogens (tertiary/aromatic N) is 2. The SMILES string of the molecule is CCC(CN)C(=O)N(CC)c1nc2ccc(OS(=O)(=O)c3cccs3)cc2s1. The Hall–Kier alpha value is -2.01. The molecule has 3 rings (SSSR count). The van der Waals surface area contributed by atoms with Crippen molar-refractivity contribution < 1.29 is 17.4 Å². The third-order valence-corrected chi connectivity index (χ3v) is 7.88. The van der Waals surface area contributed by atoms with Crippen LogP contribution in [0.2, 0.25) is 0 Å². The van der Waals surface area contributed by atoms with E-state index in [9.17, 15) is 13.2 Å². The van der Waals surface area contributed by atoms with Gasteiger partial charge < -0.3 is 9.92 Å². The van der Waals surface area contributed by atoms with Crippen LogP contribution in [0.5, 0.6) is 5.75 Å². The van der Waals surface area contributed by atoms with E-state index in [-0.39, 0.29) is 28.3 Å². The highest BCUT2D eigenvalue weighted by Crippen LogP contribution is 2.33. The molecule has 0 spiro atoms. The molecule has 150 valence electrons. The molecule has 1 atom stereocenters. The van der Waals surface area contributed by atoms with E-state index in [1.807, 2.05) is 13.8 Å². The number of benzene rings is 1. The standard InChI is InChI=1S/C18H21N3O4S3/c1-3-12(11-19)17(22)21(4-2)18-20-14-8-7-13(10-15(14)27-18)25-28(23,24)16-6-5-9-26-16/h5-10,12H,3-4,11,19H2,1-2H3. The van der Waals surface area contributed by atoms with Crippen LogP contribution in [0.3, 0.4) is 0 Å². The summed E-state index contributed by atoms with van der Waals surface area (Å²) in [5.74, 6) is -0.0935. The Balaban J connectivity index is 1.89. The van der Waals surface area contributed by atoms with Crippen molar-refractivity contribution >= 4 is 54.0 Å². The Morgan fingerprint density at radius 2 is 2.11 bits per heavy atom. The summed E-state index contributed by atoms with van der Waals surface area (Å²) in [6, 6.07) is 8.02. The molecule has 0 saturated heterocycles. The molecule has 0 bridgehead atoms. The molecule has 3 aromatic rings. The Kier molecular flexibility index (Phi) is 6.33. The van der Waals surface area contributed by atoms with Crippen molar-refractivity contribution in [2.75, 3.05) is 18.0 Å². The van der Waals surface area contributed by atoms with Crippen LogP contribution in [0.1, 0.15) is 20.3 Å². The molecule has 0 saturated carbocycles. The molecule has 7 nitrogen and oxygen atoms in total. The zero-order valence-electron chi connectivity index (χ0n) is 15.5. The molecule has 2 N–H and O–H groups in total. The Morgan fingerprint density at radius 1 is 1.32 bits per heavy atom. The number of hydrogen-bond donors (Lipinski definition) is 1. The predicted molar refractivity (Wildman–Crippen MR) is 113 cm³/mol. The normalized spacial score (nSPS) is 12.8. The first-order valence-corrected chi connectivity index (χ1v) is 11.9. The number of thiophene rings is 1. The summed E-state index contributed by atoms with van der Waals surface area (Å²) < 4.78 is 30.7. The molecule has 10 heteroatoms. The lowest BCUT2D eigenvalue weighted by Crippen LogP contribution is -2.38. The summed E-state index contributed by atoms with van der Waals surface area (Å²) in [7, 11) is -3.86. The number of aromatic nitrogens is 1. The third kappa shape index (κ3) is 4.19. The fraction of sp³-hybridized carbons (Fsp3) is 0.333. The molecule has 0 fully saturated rings. The van der Waals surface area contributed by atoms with Crippen molar-refractivity contribution in [1.82, 2.24) is 4.98 Å². The van der Waals surface area contributed by atoms with Gasteiger partial charge >= 0.3 is 10.1 Å². The second-order valence-electron chi connectivity index (χ2n) is 6.02. The van der Waals surface area contributed by atoms with E-state index < -0.39 is 10.1 Å². The molecule has 1 amide bonds. The van der Waals surface area contributed by atoms with Crippen molar-refractivity contribution in [3.8, 4) is 5.75 Å². The van der Waals surface area contributed by atoms with Crippen LogP contribution in [-0.4, -0.2) is 32.4 Å². The van der Waals surface area contributed by atoms with Crippen molar-refractivity contribution in [3.05, 3.63) is 35.7 Å². The second-order valence-corrected chi connectivity index (χ2v) is 9.75. The fourth-order valence-electron chi connectivity index (χ4n) is 2.68. The average molecular weight is 440 g/mol. The quantitative estimate of drug-likeness (QED) is 0.539. The number of amides is 1.